The van der Waals surface area contributed by atoms with E-state index >= 15 is 0 Å². The van der Waals surface area contributed by atoms with E-state index in [0.717, 1.165) is 43.7 Å². The highest BCUT2D eigenvalue weighted by molar-refractivity contribution is 6.33. The summed E-state index contributed by atoms with van der Waals surface area (Å²) in [5, 5.41) is -0.0504. The van der Waals surface area contributed by atoms with Crippen LogP contribution in [0, 0.1) is 0 Å². The molecule has 1 atom stereocenters. The van der Waals surface area contributed by atoms with Crippen molar-refractivity contribution in [3.63, 3.8) is 0 Å². The number of ether oxygens (including phenoxy) is 1. The molecule has 8 heteroatoms. The number of hydrogen-bond donors (Lipinski definition) is 0. The van der Waals surface area contributed by atoms with Crippen LogP contribution in [0.1, 0.15) is 61.8 Å². The van der Waals surface area contributed by atoms with Gasteiger partial charge in [-0.15, -0.1) is 0 Å². The molecule has 1 nitrogen and oxygen atoms in total. The van der Waals surface area contributed by atoms with Crippen LogP contribution in [0.2, 0.25) is 5.02 Å². The molecule has 1 unspecified atom stereocenters. The quantitative estimate of drug-likeness (QED) is 0.204. The summed E-state index contributed by atoms with van der Waals surface area (Å²) < 4.78 is 86.0. The third-order valence-electron chi connectivity index (χ3n) is 5.65. The van der Waals surface area contributed by atoms with Crippen molar-refractivity contribution in [3.8, 4) is 16.9 Å². The lowest BCUT2D eigenvalue weighted by atomic mass is 9.96. The first-order valence-corrected chi connectivity index (χ1v) is 11.7. The van der Waals surface area contributed by atoms with E-state index in [-0.39, 0.29) is 22.8 Å². The van der Waals surface area contributed by atoms with Gasteiger partial charge >= 0.3 is 12.4 Å². The maximum atomic E-state index is 13.6. The van der Waals surface area contributed by atoms with Gasteiger partial charge in [0.15, 0.2) is 0 Å². The first-order valence-electron chi connectivity index (χ1n) is 11.3. The summed E-state index contributed by atoms with van der Waals surface area (Å²) in [6.07, 6.45) is -5.21. The van der Waals surface area contributed by atoms with Gasteiger partial charge in [0.05, 0.1) is 16.1 Å². The van der Waals surface area contributed by atoms with Crippen molar-refractivity contribution in [1.29, 1.82) is 0 Å². The molecule has 3 rings (SSSR count). The molecular formula is C27H25ClF6O. The van der Waals surface area contributed by atoms with Crippen molar-refractivity contribution in [2.24, 2.45) is 0 Å². The van der Waals surface area contributed by atoms with E-state index in [1.165, 1.54) is 18.2 Å². The number of benzene rings is 3. The van der Waals surface area contributed by atoms with Crippen molar-refractivity contribution >= 4 is 11.6 Å². The highest BCUT2D eigenvalue weighted by Gasteiger charge is 2.38. The SMILES string of the molecule is CCCCCCC(Oc1ccc(-c2ccc(C(F)(F)F)cc2C(F)(F)F)c(Cl)c1)c1ccccc1. The van der Waals surface area contributed by atoms with Gasteiger partial charge in [-0.2, -0.15) is 26.3 Å². The van der Waals surface area contributed by atoms with Gasteiger partial charge in [-0.05, 0) is 54.3 Å². The fourth-order valence-corrected chi connectivity index (χ4v) is 4.13. The van der Waals surface area contributed by atoms with Gasteiger partial charge in [0.2, 0.25) is 0 Å². The van der Waals surface area contributed by atoms with Gasteiger partial charge < -0.3 is 4.74 Å². The van der Waals surface area contributed by atoms with Crippen LogP contribution in [-0.4, -0.2) is 0 Å². The Labute approximate surface area is 205 Å². The molecule has 0 fully saturated rings. The van der Waals surface area contributed by atoms with E-state index in [0.29, 0.717) is 11.8 Å². The number of unbranched alkanes of at least 4 members (excludes halogenated alkanes) is 3. The van der Waals surface area contributed by atoms with E-state index in [1.807, 2.05) is 30.3 Å². The first kappa shape index (κ1) is 26.9. The van der Waals surface area contributed by atoms with Gasteiger partial charge in [0, 0.05) is 5.56 Å². The average Bonchev–Trinajstić information content (AvgIpc) is 2.80. The monoisotopic (exact) mass is 514 g/mol. The molecule has 0 saturated carbocycles. The van der Waals surface area contributed by atoms with Crippen LogP contribution in [0.3, 0.4) is 0 Å². The Hall–Kier alpha value is -2.67. The first-order chi connectivity index (χ1) is 16.5. The second kappa shape index (κ2) is 11.4. The molecular weight excluding hydrogens is 490 g/mol. The van der Waals surface area contributed by atoms with E-state index in [9.17, 15) is 26.3 Å². The van der Waals surface area contributed by atoms with Gasteiger partial charge in [-0.3, -0.25) is 0 Å². The summed E-state index contributed by atoms with van der Waals surface area (Å²) in [7, 11) is 0. The summed E-state index contributed by atoms with van der Waals surface area (Å²) in [5.74, 6) is 0.364. The minimum Gasteiger partial charge on any atom is -0.486 e. The van der Waals surface area contributed by atoms with Crippen LogP contribution in [0.5, 0.6) is 5.75 Å². The summed E-state index contributed by atoms with van der Waals surface area (Å²) in [6.45, 7) is 2.12. The number of hydrogen-bond acceptors (Lipinski definition) is 1. The van der Waals surface area contributed by atoms with Crippen molar-refractivity contribution in [2.75, 3.05) is 0 Å². The number of halogens is 7. The normalized spacial score (nSPS) is 13.0. The van der Waals surface area contributed by atoms with Gasteiger partial charge in [-0.1, -0.05) is 74.2 Å². The van der Waals surface area contributed by atoms with Crippen LogP contribution >= 0.6 is 11.6 Å². The van der Waals surface area contributed by atoms with Crippen LogP contribution in [-0.2, 0) is 12.4 Å². The molecule has 35 heavy (non-hydrogen) atoms. The van der Waals surface area contributed by atoms with Gasteiger partial charge in [-0.25, -0.2) is 0 Å². The summed E-state index contributed by atoms with van der Waals surface area (Å²) in [5.41, 5.74) is -2.27. The minimum atomic E-state index is -4.99. The molecule has 0 aliphatic carbocycles. The smallest absolute Gasteiger partial charge is 0.417 e. The Morgan fingerprint density at radius 1 is 0.771 bits per heavy atom. The predicted octanol–water partition coefficient (Wildman–Crippen LogP) is 10.1. The molecule has 3 aromatic rings. The molecule has 0 aliphatic heterocycles. The fourth-order valence-electron chi connectivity index (χ4n) is 3.86. The second-order valence-corrected chi connectivity index (χ2v) is 8.67. The third kappa shape index (κ3) is 7.17. The highest BCUT2D eigenvalue weighted by atomic mass is 35.5. The highest BCUT2D eigenvalue weighted by Crippen LogP contribution is 2.43. The minimum absolute atomic E-state index is 0.0285. The number of rotatable bonds is 9. The predicted molar refractivity (Wildman–Crippen MR) is 125 cm³/mol. The van der Waals surface area contributed by atoms with Gasteiger partial charge in [0.1, 0.15) is 11.9 Å². The summed E-state index contributed by atoms with van der Waals surface area (Å²) in [4.78, 5) is 0. The lowest BCUT2D eigenvalue weighted by molar-refractivity contribution is -0.142. The lowest BCUT2D eigenvalue weighted by Gasteiger charge is -2.21. The number of alkyl halides is 6. The molecule has 3 aromatic carbocycles. The Kier molecular flexibility index (Phi) is 8.75. The fraction of sp³-hybridized carbons (Fsp3) is 0.333. The lowest BCUT2D eigenvalue weighted by Crippen LogP contribution is -2.12. The Balaban J connectivity index is 1.91. The molecule has 0 bridgehead atoms. The molecule has 0 N–H and O–H groups in total. The zero-order valence-corrected chi connectivity index (χ0v) is 19.8. The topological polar surface area (TPSA) is 9.23 Å². The molecule has 0 radical (unpaired) electrons. The standard InChI is InChI=1S/C27H25ClF6O/c1-2-3-4-8-11-25(18-9-6-5-7-10-18)35-20-13-15-22(24(28)17-20)21-14-12-19(26(29,30)31)16-23(21)27(32,33)34/h5-7,9-10,12-17,25H,2-4,8,11H2,1H3. The molecule has 0 heterocycles. The second-order valence-electron chi connectivity index (χ2n) is 8.26. The van der Waals surface area contributed by atoms with Crippen molar-refractivity contribution in [2.45, 2.75) is 57.5 Å². The van der Waals surface area contributed by atoms with Crippen LogP contribution in [0.15, 0.2) is 66.7 Å². The van der Waals surface area contributed by atoms with Crippen LogP contribution in [0.25, 0.3) is 11.1 Å². The molecule has 0 aliphatic rings. The van der Waals surface area contributed by atoms with Crippen LogP contribution < -0.4 is 4.74 Å². The Morgan fingerprint density at radius 3 is 2.06 bits per heavy atom. The van der Waals surface area contributed by atoms with Crippen molar-refractivity contribution < 1.29 is 31.1 Å². The van der Waals surface area contributed by atoms with Gasteiger partial charge in [0.25, 0.3) is 0 Å². The molecule has 0 spiro atoms. The molecule has 188 valence electrons. The zero-order valence-electron chi connectivity index (χ0n) is 19.0. The molecule has 0 amide bonds. The molecule has 0 saturated heterocycles. The molecule has 0 aromatic heterocycles. The average molecular weight is 515 g/mol. The summed E-state index contributed by atoms with van der Waals surface area (Å²) >= 11 is 6.32. The maximum absolute atomic E-state index is 13.6. The Bertz CT molecular complexity index is 1110. The van der Waals surface area contributed by atoms with Crippen molar-refractivity contribution in [1.82, 2.24) is 0 Å². The van der Waals surface area contributed by atoms with E-state index < -0.39 is 29.0 Å². The Morgan fingerprint density at radius 2 is 1.46 bits per heavy atom. The van der Waals surface area contributed by atoms with Crippen molar-refractivity contribution in [3.05, 3.63) is 88.4 Å². The van der Waals surface area contributed by atoms with E-state index in [4.69, 9.17) is 16.3 Å². The van der Waals surface area contributed by atoms with Crippen LogP contribution in [0.4, 0.5) is 26.3 Å². The maximum Gasteiger partial charge on any atom is 0.417 e. The van der Waals surface area contributed by atoms with E-state index in [2.05, 4.69) is 6.92 Å². The largest absolute Gasteiger partial charge is 0.486 e. The van der Waals surface area contributed by atoms with E-state index in [1.54, 1.807) is 0 Å². The summed E-state index contributed by atoms with van der Waals surface area (Å²) in [6, 6.07) is 15.3. The zero-order chi connectivity index (χ0) is 25.6. The third-order valence-corrected chi connectivity index (χ3v) is 5.97.